The Morgan fingerprint density at radius 2 is 2.08 bits per heavy atom. The number of halogens is 2. The van der Waals surface area contributed by atoms with E-state index in [9.17, 15) is 13.6 Å². The highest BCUT2D eigenvalue weighted by atomic mass is 32.2. The molecule has 1 amide bonds. The summed E-state index contributed by atoms with van der Waals surface area (Å²) in [5.41, 5.74) is 2.99. The van der Waals surface area contributed by atoms with E-state index in [0.717, 1.165) is 17.0 Å². The van der Waals surface area contributed by atoms with Gasteiger partial charge in [-0.1, -0.05) is 23.9 Å². The molecule has 2 heterocycles. The van der Waals surface area contributed by atoms with Crippen molar-refractivity contribution < 1.29 is 13.6 Å². The summed E-state index contributed by atoms with van der Waals surface area (Å²) in [5, 5.41) is 6.83. The lowest BCUT2D eigenvalue weighted by Crippen LogP contribution is -2.15. The van der Waals surface area contributed by atoms with E-state index in [1.54, 1.807) is 28.8 Å². The van der Waals surface area contributed by atoms with Crippen molar-refractivity contribution >= 4 is 29.1 Å². The van der Waals surface area contributed by atoms with Crippen LogP contribution in [0.25, 0.3) is 5.78 Å². The van der Waals surface area contributed by atoms with Crippen LogP contribution in [0.3, 0.4) is 0 Å². The maximum atomic E-state index is 12.6. The number of amides is 1. The summed E-state index contributed by atoms with van der Waals surface area (Å²) in [6.07, 6.45) is 2.11. The Labute approximate surface area is 153 Å². The number of nitrogens with zero attached hydrogens (tertiary/aromatic N) is 4. The molecule has 3 rings (SSSR count). The van der Waals surface area contributed by atoms with E-state index in [1.165, 1.54) is 6.33 Å². The number of alkyl halides is 2. The highest BCUT2D eigenvalue weighted by Gasteiger charge is 2.14. The van der Waals surface area contributed by atoms with E-state index in [1.807, 2.05) is 13.8 Å². The number of fused-ring (bicyclic) bond motifs is 1. The molecule has 6 nitrogen and oxygen atoms in total. The second kappa shape index (κ2) is 7.77. The van der Waals surface area contributed by atoms with Crippen LogP contribution in [0.1, 0.15) is 23.4 Å². The lowest BCUT2D eigenvalue weighted by Gasteiger charge is -2.12. The van der Waals surface area contributed by atoms with Crippen LogP contribution < -0.4 is 5.32 Å². The Morgan fingerprint density at radius 3 is 2.85 bits per heavy atom. The van der Waals surface area contributed by atoms with Gasteiger partial charge < -0.3 is 5.32 Å². The fourth-order valence-electron chi connectivity index (χ4n) is 2.74. The van der Waals surface area contributed by atoms with Gasteiger partial charge in [0, 0.05) is 22.7 Å². The molecule has 0 radical (unpaired) electrons. The predicted octanol–water partition coefficient (Wildman–Crippen LogP) is 3.63. The number of benzene rings is 1. The zero-order valence-corrected chi connectivity index (χ0v) is 15.1. The third-order valence-electron chi connectivity index (χ3n) is 3.97. The smallest absolute Gasteiger partial charge is 0.288 e. The minimum atomic E-state index is -2.54. The predicted molar refractivity (Wildman–Crippen MR) is 95.5 cm³/mol. The number of thioether (sulfide) groups is 1. The van der Waals surface area contributed by atoms with E-state index >= 15 is 0 Å². The zero-order chi connectivity index (χ0) is 18.7. The Kier molecular flexibility index (Phi) is 5.46. The summed E-state index contributed by atoms with van der Waals surface area (Å²) < 4.78 is 26.9. The first-order valence-electron chi connectivity index (χ1n) is 7.95. The summed E-state index contributed by atoms with van der Waals surface area (Å²) in [7, 11) is 0. The highest BCUT2D eigenvalue weighted by Crippen LogP contribution is 2.31. The molecule has 0 aliphatic heterocycles. The molecule has 0 saturated heterocycles. The average molecular weight is 377 g/mol. The Bertz CT molecular complexity index is 944. The van der Waals surface area contributed by atoms with Gasteiger partial charge in [-0.3, -0.25) is 4.79 Å². The van der Waals surface area contributed by atoms with Gasteiger partial charge in [-0.2, -0.15) is 18.9 Å². The molecule has 0 aliphatic carbocycles. The van der Waals surface area contributed by atoms with Crippen molar-refractivity contribution in [1.29, 1.82) is 0 Å². The number of carbonyl (C=O) groups is 1. The maximum absolute atomic E-state index is 12.6. The van der Waals surface area contributed by atoms with Crippen molar-refractivity contribution in [2.45, 2.75) is 37.3 Å². The molecule has 26 heavy (non-hydrogen) atoms. The second-order valence-electron chi connectivity index (χ2n) is 5.66. The van der Waals surface area contributed by atoms with Gasteiger partial charge in [-0.15, -0.1) is 0 Å². The van der Waals surface area contributed by atoms with Gasteiger partial charge in [0.1, 0.15) is 6.33 Å². The molecule has 3 aromatic rings. The maximum Gasteiger partial charge on any atom is 0.288 e. The van der Waals surface area contributed by atoms with E-state index in [2.05, 4.69) is 20.4 Å². The van der Waals surface area contributed by atoms with Crippen molar-refractivity contribution in [3.05, 3.63) is 47.5 Å². The standard InChI is InChI=1S/C17H17F2N5OS/c1-10-12(11(2)24-17(22-10)20-9-21-24)7-8-15(25)23-13-5-3-4-6-14(13)26-16(18)19/h3-6,9,16H,7-8H2,1-2H3,(H,23,25). The monoisotopic (exact) mass is 377 g/mol. The van der Waals surface area contributed by atoms with E-state index in [4.69, 9.17) is 0 Å². The van der Waals surface area contributed by atoms with Crippen molar-refractivity contribution in [3.8, 4) is 0 Å². The third-order valence-corrected chi connectivity index (χ3v) is 4.76. The van der Waals surface area contributed by atoms with E-state index in [0.29, 0.717) is 34.5 Å². The van der Waals surface area contributed by atoms with Crippen molar-refractivity contribution in [2.24, 2.45) is 0 Å². The normalized spacial score (nSPS) is 11.3. The Morgan fingerprint density at radius 1 is 1.31 bits per heavy atom. The molecule has 0 atom stereocenters. The number of hydrogen-bond donors (Lipinski definition) is 1. The molecule has 1 N–H and O–H groups in total. The minimum Gasteiger partial charge on any atom is -0.325 e. The molecule has 0 aliphatic rings. The summed E-state index contributed by atoms with van der Waals surface area (Å²) >= 11 is 0.412. The van der Waals surface area contributed by atoms with Gasteiger partial charge in [0.15, 0.2) is 0 Å². The number of nitrogens with one attached hydrogen (secondary N) is 1. The Hall–Kier alpha value is -2.55. The first-order chi connectivity index (χ1) is 12.5. The highest BCUT2D eigenvalue weighted by molar-refractivity contribution is 7.99. The van der Waals surface area contributed by atoms with Crippen LogP contribution in [-0.2, 0) is 11.2 Å². The van der Waals surface area contributed by atoms with E-state index < -0.39 is 5.76 Å². The molecule has 1 aromatic carbocycles. The minimum absolute atomic E-state index is 0.206. The topological polar surface area (TPSA) is 72.2 Å². The summed E-state index contributed by atoms with van der Waals surface area (Å²) in [4.78, 5) is 21.1. The molecule has 136 valence electrons. The van der Waals surface area contributed by atoms with Gasteiger partial charge in [0.2, 0.25) is 5.91 Å². The van der Waals surface area contributed by atoms with Gasteiger partial charge in [0.05, 0.1) is 5.69 Å². The van der Waals surface area contributed by atoms with Crippen LogP contribution in [0.15, 0.2) is 35.5 Å². The number of para-hydroxylation sites is 1. The van der Waals surface area contributed by atoms with Crippen LogP contribution in [0, 0.1) is 13.8 Å². The summed E-state index contributed by atoms with van der Waals surface area (Å²) in [6, 6.07) is 6.53. The van der Waals surface area contributed by atoms with Crippen LogP contribution in [-0.4, -0.2) is 31.2 Å². The molecule has 0 spiro atoms. The first-order valence-corrected chi connectivity index (χ1v) is 8.83. The quantitative estimate of drug-likeness (QED) is 0.664. The van der Waals surface area contributed by atoms with Gasteiger partial charge in [-0.05, 0) is 38.0 Å². The number of aryl methyl sites for hydroxylation is 2. The molecule has 0 fully saturated rings. The SMILES string of the molecule is Cc1nc2ncnn2c(C)c1CCC(=O)Nc1ccccc1SC(F)F. The summed E-state index contributed by atoms with van der Waals surface area (Å²) in [6.45, 7) is 3.77. The lowest BCUT2D eigenvalue weighted by molar-refractivity contribution is -0.116. The number of hydrogen-bond acceptors (Lipinski definition) is 5. The number of anilines is 1. The van der Waals surface area contributed by atoms with Crippen LogP contribution in [0.4, 0.5) is 14.5 Å². The first kappa shape index (κ1) is 18.2. The van der Waals surface area contributed by atoms with Crippen molar-refractivity contribution in [1.82, 2.24) is 19.6 Å². The molecule has 0 unspecified atom stereocenters. The summed E-state index contributed by atoms with van der Waals surface area (Å²) in [5.74, 6) is -2.27. The second-order valence-corrected chi connectivity index (χ2v) is 6.69. The van der Waals surface area contributed by atoms with Gasteiger partial charge in [0.25, 0.3) is 11.5 Å². The van der Waals surface area contributed by atoms with Gasteiger partial charge >= 0.3 is 0 Å². The molecule has 9 heteroatoms. The largest absolute Gasteiger partial charge is 0.325 e. The zero-order valence-electron chi connectivity index (χ0n) is 14.2. The van der Waals surface area contributed by atoms with Crippen molar-refractivity contribution in [3.63, 3.8) is 0 Å². The number of aromatic nitrogens is 4. The number of rotatable bonds is 6. The fraction of sp³-hybridized carbons (Fsp3) is 0.294. The van der Waals surface area contributed by atoms with E-state index in [-0.39, 0.29) is 12.3 Å². The van der Waals surface area contributed by atoms with Crippen LogP contribution >= 0.6 is 11.8 Å². The van der Waals surface area contributed by atoms with Crippen molar-refractivity contribution in [2.75, 3.05) is 5.32 Å². The molecular formula is C17H17F2N5OS. The molecule has 2 aromatic heterocycles. The fourth-order valence-corrected chi connectivity index (χ4v) is 3.33. The third kappa shape index (κ3) is 3.98. The van der Waals surface area contributed by atoms with Gasteiger partial charge in [-0.25, -0.2) is 9.50 Å². The average Bonchev–Trinajstić information content (AvgIpc) is 3.04. The van der Waals surface area contributed by atoms with Crippen LogP contribution in [0.2, 0.25) is 0 Å². The molecule has 0 saturated carbocycles. The molecular weight excluding hydrogens is 360 g/mol. The lowest BCUT2D eigenvalue weighted by atomic mass is 10.1. The number of carbonyl (C=O) groups excluding carboxylic acids is 1. The Balaban J connectivity index is 1.70. The molecule has 0 bridgehead atoms. The van der Waals surface area contributed by atoms with Crippen LogP contribution in [0.5, 0.6) is 0 Å².